The number of carbonyl (C=O) groups excluding carboxylic acids is 1. The van der Waals surface area contributed by atoms with Crippen molar-refractivity contribution in [3.8, 4) is 17.2 Å². The molecule has 2 fully saturated rings. The first-order chi connectivity index (χ1) is 18.0. The first-order valence-electron chi connectivity index (χ1n) is 12.8. The van der Waals surface area contributed by atoms with Gasteiger partial charge in [0.2, 0.25) is 5.91 Å². The summed E-state index contributed by atoms with van der Waals surface area (Å²) < 4.78 is 18.1. The number of hydrogen-bond donors (Lipinski definition) is 2. The Morgan fingerprint density at radius 1 is 1.03 bits per heavy atom. The number of nitrogens with one attached hydrogen (secondary N) is 1. The van der Waals surface area contributed by atoms with Gasteiger partial charge < -0.3 is 25.3 Å². The number of fused-ring (bicyclic) bond motifs is 2. The van der Waals surface area contributed by atoms with Crippen LogP contribution < -0.4 is 25.3 Å². The molecule has 2 saturated carbocycles. The van der Waals surface area contributed by atoms with Gasteiger partial charge in [0.15, 0.2) is 11.5 Å². The number of hydrogen-bond acceptors (Lipinski definition) is 6. The van der Waals surface area contributed by atoms with E-state index in [2.05, 4.69) is 10.3 Å². The maximum atomic E-state index is 11.7. The molecule has 0 atom stereocenters. The number of methoxy groups -OCH3 is 1. The molecule has 2 aliphatic rings. The number of aromatic nitrogens is 1. The van der Waals surface area contributed by atoms with Crippen LogP contribution in [-0.2, 0) is 6.61 Å². The molecule has 3 aromatic carbocycles. The van der Waals surface area contributed by atoms with Crippen molar-refractivity contribution in [2.24, 2.45) is 11.7 Å². The van der Waals surface area contributed by atoms with Crippen LogP contribution in [0.15, 0.2) is 60.8 Å². The first kappa shape index (κ1) is 23.6. The summed E-state index contributed by atoms with van der Waals surface area (Å²) in [6, 6.07) is 17.1. The third kappa shape index (κ3) is 5.04. The number of nitrogens with zero attached hydrogens (tertiary/aromatic N) is 1. The standard InChI is InChI=1S/C30H31N3O4/c1-35-27-14-24-25(15-28(27)37-18-30(10-11-30)33-16-19-5-6-19)32-12-9-26(24)36-17-20-7-8-22-21(13-20)3-2-4-23(22)29(31)34/h2-4,7-9,12-15,19,33H,5-6,10-11,16-18H2,1H3,(H2,31,34). The number of benzene rings is 3. The molecule has 2 aliphatic carbocycles. The minimum absolute atomic E-state index is 0.0962. The number of nitrogens with two attached hydrogens (primary N) is 1. The van der Waals surface area contributed by atoms with Crippen molar-refractivity contribution in [3.63, 3.8) is 0 Å². The second kappa shape index (κ2) is 9.56. The van der Waals surface area contributed by atoms with Crippen LogP contribution >= 0.6 is 0 Å². The lowest BCUT2D eigenvalue weighted by Crippen LogP contribution is -2.38. The molecule has 7 nitrogen and oxygen atoms in total. The smallest absolute Gasteiger partial charge is 0.249 e. The van der Waals surface area contributed by atoms with Gasteiger partial charge in [-0.05, 0) is 78.7 Å². The summed E-state index contributed by atoms with van der Waals surface area (Å²) in [5.74, 6) is 2.48. The van der Waals surface area contributed by atoms with Crippen LogP contribution in [-0.4, -0.2) is 36.7 Å². The topological polar surface area (TPSA) is 95.7 Å². The molecule has 0 radical (unpaired) electrons. The Morgan fingerprint density at radius 3 is 2.65 bits per heavy atom. The molecule has 1 aromatic heterocycles. The van der Waals surface area contributed by atoms with E-state index in [-0.39, 0.29) is 5.54 Å². The summed E-state index contributed by atoms with van der Waals surface area (Å²) in [6.45, 7) is 2.08. The van der Waals surface area contributed by atoms with Gasteiger partial charge in [-0.2, -0.15) is 0 Å². The van der Waals surface area contributed by atoms with E-state index in [1.54, 1.807) is 19.4 Å². The van der Waals surface area contributed by atoms with Crippen molar-refractivity contribution in [3.05, 3.63) is 71.9 Å². The molecule has 0 spiro atoms. The van der Waals surface area contributed by atoms with E-state index in [1.165, 1.54) is 12.8 Å². The van der Waals surface area contributed by atoms with E-state index in [4.69, 9.17) is 19.9 Å². The van der Waals surface area contributed by atoms with Crippen LogP contribution in [0.4, 0.5) is 0 Å². The van der Waals surface area contributed by atoms with E-state index in [0.717, 1.165) is 52.5 Å². The minimum atomic E-state index is -0.433. The van der Waals surface area contributed by atoms with Gasteiger partial charge in [-0.15, -0.1) is 0 Å². The van der Waals surface area contributed by atoms with Crippen LogP contribution in [0.3, 0.4) is 0 Å². The Labute approximate surface area is 215 Å². The van der Waals surface area contributed by atoms with Gasteiger partial charge in [-0.3, -0.25) is 9.78 Å². The third-order valence-electron chi connectivity index (χ3n) is 7.41. The molecule has 4 aromatic rings. The zero-order chi connectivity index (χ0) is 25.4. The van der Waals surface area contributed by atoms with Crippen LogP contribution in [0.2, 0.25) is 0 Å². The summed E-state index contributed by atoms with van der Waals surface area (Å²) in [6.07, 6.45) is 6.72. The summed E-state index contributed by atoms with van der Waals surface area (Å²) in [7, 11) is 1.65. The Morgan fingerprint density at radius 2 is 1.89 bits per heavy atom. The second-order valence-electron chi connectivity index (χ2n) is 10.2. The van der Waals surface area contributed by atoms with Crippen LogP contribution in [0.1, 0.15) is 41.6 Å². The molecule has 190 valence electrons. The molecule has 1 heterocycles. The van der Waals surface area contributed by atoms with Gasteiger partial charge in [-0.1, -0.05) is 24.3 Å². The Bertz CT molecular complexity index is 1480. The number of carbonyl (C=O) groups is 1. The number of amides is 1. The maximum Gasteiger partial charge on any atom is 0.249 e. The molecule has 6 rings (SSSR count). The van der Waals surface area contributed by atoms with Crippen LogP contribution in [0, 0.1) is 5.92 Å². The van der Waals surface area contributed by atoms with E-state index in [1.807, 2.05) is 48.5 Å². The summed E-state index contributed by atoms with van der Waals surface area (Å²) >= 11 is 0. The van der Waals surface area contributed by atoms with E-state index < -0.39 is 5.91 Å². The Balaban J connectivity index is 1.19. The Kier molecular flexibility index (Phi) is 6.08. The monoisotopic (exact) mass is 497 g/mol. The summed E-state index contributed by atoms with van der Waals surface area (Å²) in [4.78, 5) is 16.3. The van der Waals surface area contributed by atoms with Gasteiger partial charge in [-0.25, -0.2) is 0 Å². The van der Waals surface area contributed by atoms with Crippen molar-refractivity contribution in [1.82, 2.24) is 10.3 Å². The lowest BCUT2D eigenvalue weighted by molar-refractivity contribution is 0.100. The average molecular weight is 498 g/mol. The highest BCUT2D eigenvalue weighted by Crippen LogP contribution is 2.40. The number of ether oxygens (including phenoxy) is 3. The lowest BCUT2D eigenvalue weighted by atomic mass is 10.0. The zero-order valence-electron chi connectivity index (χ0n) is 21.0. The molecule has 7 heteroatoms. The summed E-state index contributed by atoms with van der Waals surface area (Å²) in [5, 5.41) is 6.35. The van der Waals surface area contributed by atoms with Crippen molar-refractivity contribution in [1.29, 1.82) is 0 Å². The molecule has 3 N–H and O–H groups in total. The predicted octanol–water partition coefficient (Wildman–Crippen LogP) is 4.99. The van der Waals surface area contributed by atoms with Gasteiger partial charge >= 0.3 is 0 Å². The van der Waals surface area contributed by atoms with Crippen molar-refractivity contribution < 1.29 is 19.0 Å². The number of rotatable bonds is 11. The molecule has 0 bridgehead atoms. The van der Waals surface area contributed by atoms with Gasteiger partial charge in [0.05, 0.1) is 18.2 Å². The fraction of sp³-hybridized carbons (Fsp3) is 0.333. The highest BCUT2D eigenvalue weighted by atomic mass is 16.5. The number of pyridine rings is 1. The highest BCUT2D eigenvalue weighted by Gasteiger charge is 2.44. The molecule has 0 aliphatic heterocycles. The van der Waals surface area contributed by atoms with Crippen LogP contribution in [0.25, 0.3) is 21.7 Å². The van der Waals surface area contributed by atoms with Gasteiger partial charge in [0.1, 0.15) is 19.0 Å². The maximum absolute atomic E-state index is 11.7. The van der Waals surface area contributed by atoms with E-state index in [0.29, 0.717) is 36.0 Å². The zero-order valence-corrected chi connectivity index (χ0v) is 21.0. The fourth-order valence-corrected chi connectivity index (χ4v) is 4.75. The van der Waals surface area contributed by atoms with Crippen molar-refractivity contribution in [2.75, 3.05) is 20.3 Å². The largest absolute Gasteiger partial charge is 0.493 e. The minimum Gasteiger partial charge on any atom is -0.493 e. The van der Waals surface area contributed by atoms with E-state index in [9.17, 15) is 4.79 Å². The quantitative estimate of drug-likeness (QED) is 0.303. The third-order valence-corrected chi connectivity index (χ3v) is 7.41. The SMILES string of the molecule is COc1cc2c(OCc3ccc4c(C(N)=O)cccc4c3)ccnc2cc1OCC1(NCC2CC2)CC1. The fourth-order valence-electron chi connectivity index (χ4n) is 4.75. The molecule has 37 heavy (non-hydrogen) atoms. The molecule has 0 saturated heterocycles. The van der Waals surface area contributed by atoms with Crippen LogP contribution in [0.5, 0.6) is 17.2 Å². The first-order valence-corrected chi connectivity index (χ1v) is 12.8. The van der Waals surface area contributed by atoms with Gasteiger partial charge in [0, 0.05) is 23.2 Å². The van der Waals surface area contributed by atoms with Crippen molar-refractivity contribution in [2.45, 2.75) is 37.8 Å². The number of primary amides is 1. The van der Waals surface area contributed by atoms with E-state index >= 15 is 0 Å². The lowest BCUT2D eigenvalue weighted by Gasteiger charge is -2.20. The molecular formula is C30H31N3O4. The summed E-state index contributed by atoms with van der Waals surface area (Å²) in [5.41, 5.74) is 7.90. The normalized spacial score (nSPS) is 16.0. The predicted molar refractivity (Wildman–Crippen MR) is 143 cm³/mol. The highest BCUT2D eigenvalue weighted by molar-refractivity contribution is 6.06. The molecular weight excluding hydrogens is 466 g/mol. The molecule has 1 amide bonds. The second-order valence-corrected chi connectivity index (χ2v) is 10.2. The van der Waals surface area contributed by atoms with Gasteiger partial charge in [0.25, 0.3) is 0 Å². The molecule has 0 unspecified atom stereocenters. The van der Waals surface area contributed by atoms with Crippen molar-refractivity contribution >= 4 is 27.6 Å². The average Bonchev–Trinajstić information content (AvgIpc) is 3.85. The Hall–Kier alpha value is -3.84.